The van der Waals surface area contributed by atoms with E-state index in [1.54, 1.807) is 0 Å². The SMILES string of the molecule is CN1CCN(c2ccc(Nc3nc(NCc4ccccc4)c4ncn([C@H]5CCCNC5)c4n3)cc2)CC1. The quantitative estimate of drug-likeness (QED) is 0.355. The minimum atomic E-state index is 0.339. The molecule has 9 heteroatoms. The first kappa shape index (κ1) is 23.7. The van der Waals surface area contributed by atoms with Gasteiger partial charge in [-0.25, -0.2) is 4.98 Å². The van der Waals surface area contributed by atoms with Gasteiger partial charge in [-0.3, -0.25) is 0 Å². The highest BCUT2D eigenvalue weighted by atomic mass is 15.3. The number of nitrogens with one attached hydrogen (secondary N) is 3. The Morgan fingerprint density at radius 2 is 1.78 bits per heavy atom. The van der Waals surface area contributed by atoms with Crippen LogP contribution < -0.4 is 20.9 Å². The van der Waals surface area contributed by atoms with E-state index in [1.165, 1.54) is 11.3 Å². The largest absolute Gasteiger partial charge is 0.369 e. The van der Waals surface area contributed by atoms with E-state index in [1.807, 2.05) is 12.4 Å². The van der Waals surface area contributed by atoms with Crippen molar-refractivity contribution in [3.05, 3.63) is 66.5 Å². The standard InChI is InChI=1S/C28H35N9/c1-35-14-16-36(17-15-35)23-11-9-22(10-12-23)32-28-33-26(30-18-21-6-3-2-4-7-21)25-27(34-28)37(20-31-25)24-8-5-13-29-19-24/h2-4,6-7,9-12,20,24,29H,5,8,13-19H2,1H3,(H2,30,32,33,34)/t24-/m0/s1. The number of aromatic nitrogens is 4. The summed E-state index contributed by atoms with van der Waals surface area (Å²) in [6.45, 7) is 6.97. The first-order valence-corrected chi connectivity index (χ1v) is 13.3. The van der Waals surface area contributed by atoms with Crippen molar-refractivity contribution in [3.8, 4) is 0 Å². The molecule has 37 heavy (non-hydrogen) atoms. The number of anilines is 4. The Morgan fingerprint density at radius 1 is 0.973 bits per heavy atom. The van der Waals surface area contributed by atoms with Crippen LogP contribution in [0.15, 0.2) is 60.9 Å². The highest BCUT2D eigenvalue weighted by Crippen LogP contribution is 2.28. The number of nitrogens with zero attached hydrogens (tertiary/aromatic N) is 6. The number of likely N-dealkylation sites (N-methyl/N-ethyl adjacent to an activating group) is 1. The Kier molecular flexibility index (Phi) is 6.88. The third-order valence-electron chi connectivity index (χ3n) is 7.38. The van der Waals surface area contributed by atoms with E-state index >= 15 is 0 Å². The molecule has 0 radical (unpaired) electrons. The third-order valence-corrected chi connectivity index (χ3v) is 7.38. The van der Waals surface area contributed by atoms with Crippen LogP contribution in [0.2, 0.25) is 0 Å². The minimum absolute atomic E-state index is 0.339. The van der Waals surface area contributed by atoms with Crippen LogP contribution in [0.1, 0.15) is 24.4 Å². The van der Waals surface area contributed by atoms with Gasteiger partial charge in [-0.1, -0.05) is 30.3 Å². The summed E-state index contributed by atoms with van der Waals surface area (Å²) >= 11 is 0. The van der Waals surface area contributed by atoms with Crippen LogP contribution in [0.4, 0.5) is 23.1 Å². The first-order chi connectivity index (χ1) is 18.2. The van der Waals surface area contributed by atoms with Gasteiger partial charge in [-0.15, -0.1) is 0 Å². The van der Waals surface area contributed by atoms with Gasteiger partial charge in [0.15, 0.2) is 17.0 Å². The van der Waals surface area contributed by atoms with Crippen LogP contribution >= 0.6 is 0 Å². The van der Waals surface area contributed by atoms with Crippen molar-refractivity contribution in [2.24, 2.45) is 0 Å². The molecular formula is C28H35N9. The van der Waals surface area contributed by atoms with Gasteiger partial charge in [0.25, 0.3) is 0 Å². The summed E-state index contributed by atoms with van der Waals surface area (Å²) < 4.78 is 2.21. The molecule has 0 unspecified atom stereocenters. The van der Waals surface area contributed by atoms with Crippen LogP contribution in [0.5, 0.6) is 0 Å². The van der Waals surface area contributed by atoms with Crippen LogP contribution in [0, 0.1) is 0 Å². The lowest BCUT2D eigenvalue weighted by Gasteiger charge is -2.34. The lowest BCUT2D eigenvalue weighted by atomic mass is 10.1. The zero-order valence-corrected chi connectivity index (χ0v) is 21.4. The molecule has 2 aromatic heterocycles. The van der Waals surface area contributed by atoms with Crippen LogP contribution in [-0.2, 0) is 6.54 Å². The maximum absolute atomic E-state index is 4.94. The highest BCUT2D eigenvalue weighted by Gasteiger charge is 2.21. The fraction of sp³-hybridized carbons (Fsp3) is 0.393. The highest BCUT2D eigenvalue weighted by molar-refractivity contribution is 5.85. The number of benzene rings is 2. The Balaban J connectivity index is 1.27. The summed E-state index contributed by atoms with van der Waals surface area (Å²) in [6.07, 6.45) is 4.18. The van der Waals surface area contributed by atoms with E-state index in [0.29, 0.717) is 18.5 Å². The normalized spacial score (nSPS) is 18.7. The van der Waals surface area contributed by atoms with Crippen molar-refractivity contribution in [1.82, 2.24) is 29.7 Å². The number of hydrogen-bond donors (Lipinski definition) is 3. The van der Waals surface area contributed by atoms with Crippen molar-refractivity contribution >= 4 is 34.3 Å². The fourth-order valence-corrected chi connectivity index (χ4v) is 5.16. The maximum Gasteiger partial charge on any atom is 0.231 e. The Labute approximate surface area is 217 Å². The van der Waals surface area contributed by atoms with Crippen molar-refractivity contribution < 1.29 is 0 Å². The summed E-state index contributed by atoms with van der Waals surface area (Å²) in [5.74, 6) is 1.31. The molecule has 4 heterocycles. The Bertz CT molecular complexity index is 1310. The second-order valence-corrected chi connectivity index (χ2v) is 10.0. The molecule has 2 fully saturated rings. The summed E-state index contributed by atoms with van der Waals surface area (Å²) in [6, 6.07) is 19.3. The molecule has 0 bridgehead atoms. The average molecular weight is 498 g/mol. The number of imidazole rings is 1. The molecule has 0 amide bonds. The summed E-state index contributed by atoms with van der Waals surface area (Å²) in [5.41, 5.74) is 5.08. The molecule has 2 aliphatic rings. The smallest absolute Gasteiger partial charge is 0.231 e. The maximum atomic E-state index is 4.94. The van der Waals surface area contributed by atoms with Crippen molar-refractivity contribution in [2.75, 3.05) is 61.8 Å². The molecule has 0 aliphatic carbocycles. The van der Waals surface area contributed by atoms with E-state index in [0.717, 1.165) is 74.8 Å². The molecular weight excluding hydrogens is 462 g/mol. The number of rotatable bonds is 7. The summed E-state index contributed by atoms with van der Waals surface area (Å²) in [7, 11) is 2.18. The number of piperazine rings is 1. The zero-order valence-electron chi connectivity index (χ0n) is 21.4. The second kappa shape index (κ2) is 10.7. The first-order valence-electron chi connectivity index (χ1n) is 13.3. The van der Waals surface area contributed by atoms with Crippen LogP contribution in [-0.4, -0.2) is 70.7 Å². The predicted molar refractivity (Wildman–Crippen MR) is 150 cm³/mol. The molecule has 0 spiro atoms. The van der Waals surface area contributed by atoms with E-state index in [9.17, 15) is 0 Å². The molecule has 1 atom stereocenters. The van der Waals surface area contributed by atoms with Gasteiger partial charge in [-0.2, -0.15) is 9.97 Å². The monoisotopic (exact) mass is 497 g/mol. The van der Waals surface area contributed by atoms with Crippen LogP contribution in [0.3, 0.4) is 0 Å². The van der Waals surface area contributed by atoms with Gasteiger partial charge in [0.1, 0.15) is 0 Å². The number of hydrogen-bond acceptors (Lipinski definition) is 8. The number of piperidine rings is 1. The minimum Gasteiger partial charge on any atom is -0.369 e. The molecule has 0 saturated carbocycles. The molecule has 2 saturated heterocycles. The van der Waals surface area contributed by atoms with E-state index in [-0.39, 0.29) is 0 Å². The molecule has 6 rings (SSSR count). The van der Waals surface area contributed by atoms with E-state index < -0.39 is 0 Å². The van der Waals surface area contributed by atoms with Crippen LogP contribution in [0.25, 0.3) is 11.2 Å². The number of fused-ring (bicyclic) bond motifs is 1. The Morgan fingerprint density at radius 3 is 2.54 bits per heavy atom. The van der Waals surface area contributed by atoms with Gasteiger partial charge >= 0.3 is 0 Å². The lowest BCUT2D eigenvalue weighted by molar-refractivity contribution is 0.313. The molecule has 192 valence electrons. The van der Waals surface area contributed by atoms with Crippen molar-refractivity contribution in [2.45, 2.75) is 25.4 Å². The van der Waals surface area contributed by atoms with Gasteiger partial charge < -0.3 is 30.3 Å². The topological polar surface area (TPSA) is 86.2 Å². The second-order valence-electron chi connectivity index (χ2n) is 10.0. The van der Waals surface area contributed by atoms with Crippen molar-refractivity contribution in [1.29, 1.82) is 0 Å². The van der Waals surface area contributed by atoms with Gasteiger partial charge in [0.05, 0.1) is 6.33 Å². The van der Waals surface area contributed by atoms with Crippen molar-refractivity contribution in [3.63, 3.8) is 0 Å². The molecule has 3 N–H and O–H groups in total. The Hall–Kier alpha value is -3.69. The third kappa shape index (κ3) is 5.38. The van der Waals surface area contributed by atoms with Gasteiger partial charge in [0, 0.05) is 56.7 Å². The molecule has 2 aliphatic heterocycles. The lowest BCUT2D eigenvalue weighted by Crippen LogP contribution is -2.44. The van der Waals surface area contributed by atoms with Gasteiger partial charge in [0.2, 0.25) is 5.95 Å². The van der Waals surface area contributed by atoms with Gasteiger partial charge in [-0.05, 0) is 56.3 Å². The molecule has 2 aromatic carbocycles. The molecule has 4 aromatic rings. The predicted octanol–water partition coefficient (Wildman–Crippen LogP) is 3.86. The average Bonchev–Trinajstić information content (AvgIpc) is 3.38. The summed E-state index contributed by atoms with van der Waals surface area (Å²) in [4.78, 5) is 19.3. The fourth-order valence-electron chi connectivity index (χ4n) is 5.16. The summed E-state index contributed by atoms with van der Waals surface area (Å²) in [5, 5.41) is 10.5. The van der Waals surface area contributed by atoms with E-state index in [2.05, 4.69) is 85.9 Å². The molecule has 9 nitrogen and oxygen atoms in total. The van der Waals surface area contributed by atoms with E-state index in [4.69, 9.17) is 15.0 Å². The zero-order chi connectivity index (χ0) is 25.0.